The van der Waals surface area contributed by atoms with Crippen LogP contribution in [0.5, 0.6) is 0 Å². The van der Waals surface area contributed by atoms with Crippen molar-refractivity contribution in [2.24, 2.45) is 0 Å². The number of aliphatic hydroxyl groups is 5. The second-order valence-electron chi connectivity index (χ2n) is 22.5. The Morgan fingerprint density at radius 1 is 0.417 bits per heavy atom. The van der Waals surface area contributed by atoms with Gasteiger partial charge in [-0.1, -0.05) is 294 Å². The molecule has 0 bridgehead atoms. The number of rotatable bonds is 56. The average molecular weight is 1170 g/mol. The number of allylic oxidation sites excluding steroid dienone is 25. The third-order valence-corrected chi connectivity index (χ3v) is 14.9. The van der Waals surface area contributed by atoms with Crippen molar-refractivity contribution in [1.29, 1.82) is 0 Å². The minimum atomic E-state index is -1.59. The van der Waals surface area contributed by atoms with E-state index in [1.165, 1.54) is 116 Å². The van der Waals surface area contributed by atoms with Crippen molar-refractivity contribution in [2.75, 3.05) is 13.2 Å². The molecule has 1 heterocycles. The van der Waals surface area contributed by atoms with E-state index in [1.54, 1.807) is 6.08 Å². The average Bonchev–Trinajstić information content (AvgIpc) is 3.70. The molecule has 0 radical (unpaired) electrons. The van der Waals surface area contributed by atoms with Crippen molar-refractivity contribution in [3.8, 4) is 0 Å². The zero-order valence-electron chi connectivity index (χ0n) is 53.1. The van der Waals surface area contributed by atoms with Gasteiger partial charge >= 0.3 is 0 Å². The predicted octanol–water partition coefficient (Wildman–Crippen LogP) is 18.4. The number of ether oxygens (including phenoxy) is 2. The molecule has 1 amide bonds. The summed E-state index contributed by atoms with van der Waals surface area (Å²) < 4.78 is 11.3. The summed E-state index contributed by atoms with van der Waals surface area (Å²) >= 11 is 0. The Bertz CT molecular complexity index is 1880. The first-order chi connectivity index (χ1) is 41.3. The number of unbranched alkanes of at least 4 members (excludes halogenated alkanes) is 22. The number of carbonyl (C=O) groups excluding carboxylic acids is 1. The van der Waals surface area contributed by atoms with Gasteiger partial charge in [-0.15, -0.1) is 0 Å². The first kappa shape index (κ1) is 77.8. The van der Waals surface area contributed by atoms with Crippen LogP contribution in [-0.4, -0.2) is 87.5 Å². The fourth-order valence-corrected chi connectivity index (χ4v) is 9.61. The van der Waals surface area contributed by atoms with Crippen LogP contribution < -0.4 is 5.32 Å². The molecule has 6 N–H and O–H groups in total. The van der Waals surface area contributed by atoms with Crippen molar-refractivity contribution in [3.05, 3.63) is 158 Å². The van der Waals surface area contributed by atoms with Crippen LogP contribution in [0.25, 0.3) is 0 Å². The van der Waals surface area contributed by atoms with E-state index in [2.05, 4.69) is 165 Å². The molecule has 476 valence electrons. The molecule has 1 aliphatic rings. The lowest BCUT2D eigenvalue weighted by Gasteiger charge is -2.40. The van der Waals surface area contributed by atoms with Gasteiger partial charge in [-0.25, -0.2) is 0 Å². The first-order valence-electron chi connectivity index (χ1n) is 33.7. The summed E-state index contributed by atoms with van der Waals surface area (Å²) in [5.74, 6) is -0.224. The Morgan fingerprint density at radius 3 is 1.10 bits per heavy atom. The summed E-state index contributed by atoms with van der Waals surface area (Å²) in [6.45, 7) is 3.65. The molecule has 9 heteroatoms. The molecule has 0 aromatic heterocycles. The molecule has 0 aliphatic carbocycles. The molecule has 0 aromatic carbocycles. The van der Waals surface area contributed by atoms with E-state index in [1.807, 2.05) is 6.08 Å². The Labute approximate surface area is 514 Å². The van der Waals surface area contributed by atoms with Crippen LogP contribution in [0.15, 0.2) is 158 Å². The molecule has 1 rings (SSSR count). The van der Waals surface area contributed by atoms with Crippen molar-refractivity contribution >= 4 is 5.91 Å². The number of aliphatic hydroxyl groups excluding tert-OH is 5. The maximum atomic E-state index is 13.1. The van der Waals surface area contributed by atoms with Gasteiger partial charge in [0, 0.05) is 6.42 Å². The van der Waals surface area contributed by atoms with Gasteiger partial charge in [0.25, 0.3) is 0 Å². The fraction of sp³-hybridized carbons (Fsp3) is 0.640. The summed E-state index contributed by atoms with van der Waals surface area (Å²) in [7, 11) is 0. The molecule has 0 aromatic rings. The number of amides is 1. The molecular formula is C75H123NO8. The Kier molecular flexibility index (Phi) is 57.3. The van der Waals surface area contributed by atoms with Crippen LogP contribution in [0.1, 0.15) is 251 Å². The van der Waals surface area contributed by atoms with Gasteiger partial charge in [-0.05, 0) is 109 Å². The van der Waals surface area contributed by atoms with E-state index in [0.717, 1.165) is 109 Å². The summed E-state index contributed by atoms with van der Waals surface area (Å²) in [6.07, 6.45) is 90.4. The van der Waals surface area contributed by atoms with Gasteiger partial charge in [0.05, 0.1) is 25.4 Å². The third-order valence-electron chi connectivity index (χ3n) is 14.9. The lowest BCUT2D eigenvalue weighted by Crippen LogP contribution is -2.60. The van der Waals surface area contributed by atoms with Crippen LogP contribution in [0.3, 0.4) is 0 Å². The molecule has 1 fully saturated rings. The van der Waals surface area contributed by atoms with Crippen molar-refractivity contribution < 1.29 is 39.8 Å². The van der Waals surface area contributed by atoms with E-state index in [9.17, 15) is 30.3 Å². The van der Waals surface area contributed by atoms with E-state index in [-0.39, 0.29) is 18.9 Å². The smallest absolute Gasteiger partial charge is 0.220 e. The Balaban J connectivity index is 2.23. The van der Waals surface area contributed by atoms with Gasteiger partial charge in [0.15, 0.2) is 6.29 Å². The topological polar surface area (TPSA) is 149 Å². The van der Waals surface area contributed by atoms with E-state index in [0.29, 0.717) is 6.42 Å². The highest BCUT2D eigenvalue weighted by molar-refractivity contribution is 5.76. The molecule has 0 saturated carbocycles. The van der Waals surface area contributed by atoms with Gasteiger partial charge in [-0.3, -0.25) is 4.79 Å². The minimum absolute atomic E-state index is 0.215. The normalized spacial score (nSPS) is 19.2. The maximum Gasteiger partial charge on any atom is 0.220 e. The van der Waals surface area contributed by atoms with Crippen LogP contribution in [-0.2, 0) is 14.3 Å². The zero-order valence-corrected chi connectivity index (χ0v) is 53.1. The van der Waals surface area contributed by atoms with Crippen LogP contribution in [0.2, 0.25) is 0 Å². The molecule has 7 atom stereocenters. The first-order valence-corrected chi connectivity index (χ1v) is 33.7. The monoisotopic (exact) mass is 1170 g/mol. The maximum absolute atomic E-state index is 13.1. The number of carbonyl (C=O) groups is 1. The fourth-order valence-electron chi connectivity index (χ4n) is 9.61. The molecular weight excluding hydrogens is 1040 g/mol. The molecule has 1 aliphatic heterocycles. The largest absolute Gasteiger partial charge is 0.394 e. The van der Waals surface area contributed by atoms with Crippen LogP contribution >= 0.6 is 0 Å². The number of hydrogen-bond donors (Lipinski definition) is 6. The van der Waals surface area contributed by atoms with E-state index < -0.39 is 49.5 Å². The van der Waals surface area contributed by atoms with Crippen LogP contribution in [0, 0.1) is 0 Å². The summed E-state index contributed by atoms with van der Waals surface area (Å²) in [4.78, 5) is 13.1. The molecule has 9 nitrogen and oxygen atoms in total. The highest BCUT2D eigenvalue weighted by Gasteiger charge is 2.44. The van der Waals surface area contributed by atoms with Gasteiger partial charge in [0.1, 0.15) is 24.4 Å². The molecule has 84 heavy (non-hydrogen) atoms. The van der Waals surface area contributed by atoms with Gasteiger partial charge in [-0.2, -0.15) is 0 Å². The second-order valence-corrected chi connectivity index (χ2v) is 22.5. The van der Waals surface area contributed by atoms with E-state index >= 15 is 0 Å². The Hall–Kier alpha value is -4.19. The van der Waals surface area contributed by atoms with Gasteiger partial charge < -0.3 is 40.3 Å². The third kappa shape index (κ3) is 50.0. The SMILES string of the molecule is CC/C=C\C/C=C\C/C=C\C/C=C\C/C=C\C/C=C\C/C=C\C/C=C\C/C=C\C/C=C\C/C=C\C/C=C\CCCCC(=O)NC(COC1OC(CO)C(O)C(O)C1O)C(O)/C=C/CCCCCCCCCCCCCCCCCCCCCC. The van der Waals surface area contributed by atoms with E-state index in [4.69, 9.17) is 9.47 Å². The number of hydrogen-bond acceptors (Lipinski definition) is 8. The Morgan fingerprint density at radius 2 is 0.738 bits per heavy atom. The molecule has 1 saturated heterocycles. The van der Waals surface area contributed by atoms with Crippen molar-refractivity contribution in [2.45, 2.75) is 294 Å². The highest BCUT2D eigenvalue weighted by atomic mass is 16.7. The zero-order chi connectivity index (χ0) is 60.7. The van der Waals surface area contributed by atoms with Gasteiger partial charge in [0.2, 0.25) is 5.91 Å². The van der Waals surface area contributed by atoms with Crippen molar-refractivity contribution in [3.63, 3.8) is 0 Å². The summed E-state index contributed by atoms with van der Waals surface area (Å²) in [5, 5.41) is 54.6. The molecule has 7 unspecified atom stereocenters. The van der Waals surface area contributed by atoms with Crippen molar-refractivity contribution in [1.82, 2.24) is 5.32 Å². The molecule has 0 spiro atoms. The second kappa shape index (κ2) is 61.9. The minimum Gasteiger partial charge on any atom is -0.394 e. The summed E-state index contributed by atoms with van der Waals surface area (Å²) in [5.41, 5.74) is 0. The quantitative estimate of drug-likeness (QED) is 0.0261. The van der Waals surface area contributed by atoms with Crippen LogP contribution in [0.4, 0.5) is 0 Å². The predicted molar refractivity (Wildman–Crippen MR) is 359 cm³/mol. The lowest BCUT2D eigenvalue weighted by molar-refractivity contribution is -0.302. The number of nitrogens with one attached hydrogen (secondary N) is 1. The summed E-state index contributed by atoms with van der Waals surface area (Å²) in [6, 6.07) is -0.842. The lowest BCUT2D eigenvalue weighted by atomic mass is 9.99. The highest BCUT2D eigenvalue weighted by Crippen LogP contribution is 2.23. The standard InChI is InChI=1S/C75H123NO8/c1-3-5-7-9-11-13-15-17-19-21-23-25-27-28-29-30-31-32-33-34-35-36-37-38-39-40-41-42-43-45-47-49-51-53-55-57-59-61-63-65-71(79)76-68(67-83-75-74(82)73(81)72(80)70(66-77)84-75)69(78)64-62-60-58-56-54-52-50-48-46-44-26-24-22-20-18-16-14-12-10-8-6-4-2/h5,7,11,13,17,19,23,25,28-29,31-32,34-35,37-38,40-41,43,45,49,51,55,57,62,64,68-70,72-75,77-78,80-82H,3-4,6,8-10,12,14-16,18,20-22,24,26-27,30,33,36,39,42,44,46-48,50,52-54,56,58-61,63,65-67H2,1-2H3,(H,76,79)/b7-5-,13-11-,19-17-,25-23-,29-28-,32-31-,35-34-,38-37-,41-40-,45-43-,51-49-,57-55-,64-62+.